The second-order valence-electron chi connectivity index (χ2n) is 2.85. The molecule has 0 saturated heterocycles. The second-order valence-corrected chi connectivity index (χ2v) is 3.24. The lowest BCUT2D eigenvalue weighted by atomic mass is 10.3. The van der Waals surface area contributed by atoms with Crippen molar-refractivity contribution in [1.82, 2.24) is 5.01 Å². The number of thiocarbonyl (C=S) groups is 1. The highest BCUT2D eigenvalue weighted by molar-refractivity contribution is 7.80. The summed E-state index contributed by atoms with van der Waals surface area (Å²) in [6, 6.07) is 6.03. The van der Waals surface area contributed by atoms with E-state index >= 15 is 0 Å². The zero-order valence-corrected chi connectivity index (χ0v) is 8.82. The highest BCUT2D eigenvalue weighted by Crippen LogP contribution is 2.16. The third kappa shape index (κ3) is 3.15. The largest absolute Gasteiger partial charge is 0.331 e. The van der Waals surface area contributed by atoms with Crippen LogP contribution < -0.4 is 11.2 Å². The molecule has 0 radical (unpaired) electrons. The first kappa shape index (κ1) is 11.3. The lowest BCUT2D eigenvalue weighted by Gasteiger charge is -2.14. The van der Waals surface area contributed by atoms with Gasteiger partial charge in [-0.1, -0.05) is 6.07 Å². The molecule has 0 bridgehead atoms. The molecule has 0 heterocycles. The van der Waals surface area contributed by atoms with Crippen LogP contribution in [0.2, 0.25) is 0 Å². The maximum Gasteiger partial charge on any atom is 0.271 e. The van der Waals surface area contributed by atoms with Gasteiger partial charge in [-0.3, -0.25) is 15.1 Å². The molecule has 7 heteroatoms. The Morgan fingerprint density at radius 3 is 2.87 bits per heavy atom. The van der Waals surface area contributed by atoms with Crippen molar-refractivity contribution in [3.63, 3.8) is 0 Å². The van der Waals surface area contributed by atoms with Crippen molar-refractivity contribution in [2.24, 2.45) is 5.84 Å². The predicted molar refractivity (Wildman–Crippen MR) is 61.3 cm³/mol. The Morgan fingerprint density at radius 1 is 1.67 bits per heavy atom. The first-order valence-electron chi connectivity index (χ1n) is 4.04. The molecule has 1 aromatic carbocycles. The van der Waals surface area contributed by atoms with E-state index in [9.17, 15) is 10.1 Å². The quantitative estimate of drug-likeness (QED) is 0.340. The van der Waals surface area contributed by atoms with E-state index in [0.717, 1.165) is 0 Å². The fourth-order valence-corrected chi connectivity index (χ4v) is 1.03. The van der Waals surface area contributed by atoms with Gasteiger partial charge in [0.25, 0.3) is 5.69 Å². The standard InChI is InChI=1S/C8H10N4O2S/c1-11(9)8(15)10-6-3-2-4-7(5-6)12(13)14/h2-5H,9H2,1H3,(H,10,15). The van der Waals surface area contributed by atoms with Crippen LogP contribution in [-0.2, 0) is 0 Å². The van der Waals surface area contributed by atoms with Crippen LogP contribution in [0.1, 0.15) is 0 Å². The van der Waals surface area contributed by atoms with E-state index in [4.69, 9.17) is 18.1 Å². The number of benzene rings is 1. The Hall–Kier alpha value is -1.73. The highest BCUT2D eigenvalue weighted by atomic mass is 32.1. The van der Waals surface area contributed by atoms with Gasteiger partial charge in [-0.15, -0.1) is 0 Å². The van der Waals surface area contributed by atoms with Crippen LogP contribution in [0.25, 0.3) is 0 Å². The highest BCUT2D eigenvalue weighted by Gasteiger charge is 2.06. The number of hydrazine groups is 1. The number of rotatable bonds is 2. The van der Waals surface area contributed by atoms with Crippen LogP contribution in [0.15, 0.2) is 24.3 Å². The monoisotopic (exact) mass is 226 g/mol. The number of anilines is 1. The topological polar surface area (TPSA) is 84.4 Å². The van der Waals surface area contributed by atoms with Gasteiger partial charge in [-0.25, -0.2) is 5.84 Å². The molecule has 3 N–H and O–H groups in total. The Bertz CT molecular complexity index is 394. The Kier molecular flexibility index (Phi) is 3.53. The molecule has 0 unspecified atom stereocenters. The number of non-ortho nitro benzene ring substituents is 1. The van der Waals surface area contributed by atoms with Crippen molar-refractivity contribution >= 4 is 28.7 Å². The summed E-state index contributed by atoms with van der Waals surface area (Å²) in [6.45, 7) is 0. The number of nitrogens with zero attached hydrogens (tertiary/aromatic N) is 2. The average molecular weight is 226 g/mol. The summed E-state index contributed by atoms with van der Waals surface area (Å²) in [5.74, 6) is 5.38. The molecule has 80 valence electrons. The number of hydrogen-bond acceptors (Lipinski definition) is 4. The normalized spacial score (nSPS) is 9.47. The van der Waals surface area contributed by atoms with Crippen LogP contribution in [0.4, 0.5) is 11.4 Å². The van der Waals surface area contributed by atoms with Crippen molar-refractivity contribution < 1.29 is 4.92 Å². The SMILES string of the molecule is CN(N)C(=S)Nc1cccc([N+](=O)[O-])c1. The molecule has 1 rings (SSSR count). The summed E-state index contributed by atoms with van der Waals surface area (Å²) in [5, 5.41) is 14.8. The third-order valence-electron chi connectivity index (χ3n) is 1.63. The molecular formula is C8H10N4O2S. The van der Waals surface area contributed by atoms with E-state index in [1.165, 1.54) is 17.1 Å². The molecule has 0 amide bonds. The predicted octanol–water partition coefficient (Wildman–Crippen LogP) is 1.10. The van der Waals surface area contributed by atoms with E-state index in [1.807, 2.05) is 0 Å². The van der Waals surface area contributed by atoms with Crippen molar-refractivity contribution in [2.45, 2.75) is 0 Å². The van der Waals surface area contributed by atoms with Crippen LogP contribution in [-0.4, -0.2) is 22.1 Å². The number of nitrogens with two attached hydrogens (primary N) is 1. The molecule has 0 aliphatic carbocycles. The second kappa shape index (κ2) is 4.67. The number of nitro groups is 1. The summed E-state index contributed by atoms with van der Waals surface area (Å²) < 4.78 is 0. The smallest absolute Gasteiger partial charge is 0.271 e. The Labute approximate surface area is 91.8 Å². The number of hydrogen-bond donors (Lipinski definition) is 2. The van der Waals surface area contributed by atoms with Gasteiger partial charge < -0.3 is 5.32 Å². The Balaban J connectivity index is 2.83. The maximum atomic E-state index is 10.5. The summed E-state index contributed by atoms with van der Waals surface area (Å²) in [7, 11) is 1.58. The summed E-state index contributed by atoms with van der Waals surface area (Å²) in [6.07, 6.45) is 0. The molecule has 0 aliphatic heterocycles. The van der Waals surface area contributed by atoms with Crippen molar-refractivity contribution in [3.05, 3.63) is 34.4 Å². The molecule has 15 heavy (non-hydrogen) atoms. The Morgan fingerprint density at radius 2 is 2.33 bits per heavy atom. The summed E-state index contributed by atoms with van der Waals surface area (Å²) in [4.78, 5) is 10.0. The molecule has 0 saturated carbocycles. The summed E-state index contributed by atoms with van der Waals surface area (Å²) in [5.41, 5.74) is 0.536. The maximum absolute atomic E-state index is 10.5. The fourth-order valence-electron chi connectivity index (χ4n) is 0.909. The molecule has 1 aromatic rings. The first-order chi connectivity index (χ1) is 7.00. The van der Waals surface area contributed by atoms with E-state index in [2.05, 4.69) is 5.32 Å². The molecule has 6 nitrogen and oxygen atoms in total. The van der Waals surface area contributed by atoms with Crippen molar-refractivity contribution in [1.29, 1.82) is 0 Å². The average Bonchev–Trinajstić information content (AvgIpc) is 2.18. The lowest BCUT2D eigenvalue weighted by Crippen LogP contribution is -2.36. The van der Waals surface area contributed by atoms with Crippen LogP contribution in [0, 0.1) is 10.1 Å². The van der Waals surface area contributed by atoms with Gasteiger partial charge in [-0.2, -0.15) is 0 Å². The molecular weight excluding hydrogens is 216 g/mol. The molecule has 0 aromatic heterocycles. The van der Waals surface area contributed by atoms with Crippen molar-refractivity contribution in [2.75, 3.05) is 12.4 Å². The summed E-state index contributed by atoms with van der Waals surface area (Å²) >= 11 is 4.89. The van der Waals surface area contributed by atoms with Crippen LogP contribution in [0.3, 0.4) is 0 Å². The molecule has 0 spiro atoms. The molecule has 0 aliphatic rings. The lowest BCUT2D eigenvalue weighted by molar-refractivity contribution is -0.384. The van der Waals surface area contributed by atoms with Gasteiger partial charge >= 0.3 is 0 Å². The minimum absolute atomic E-state index is 0.00229. The minimum atomic E-state index is -0.472. The van der Waals surface area contributed by atoms with E-state index in [1.54, 1.807) is 19.2 Å². The zero-order chi connectivity index (χ0) is 11.4. The van der Waals surface area contributed by atoms with E-state index in [-0.39, 0.29) is 10.8 Å². The fraction of sp³-hybridized carbons (Fsp3) is 0.125. The zero-order valence-electron chi connectivity index (χ0n) is 8.01. The van der Waals surface area contributed by atoms with Gasteiger partial charge in [0, 0.05) is 24.9 Å². The van der Waals surface area contributed by atoms with Gasteiger partial charge in [0.05, 0.1) is 4.92 Å². The minimum Gasteiger partial charge on any atom is -0.331 e. The molecule has 0 atom stereocenters. The number of nitrogens with one attached hydrogen (secondary N) is 1. The van der Waals surface area contributed by atoms with Gasteiger partial charge in [-0.05, 0) is 18.3 Å². The van der Waals surface area contributed by atoms with Crippen LogP contribution in [0.5, 0.6) is 0 Å². The van der Waals surface area contributed by atoms with E-state index < -0.39 is 4.92 Å². The number of nitro benzene ring substituents is 1. The van der Waals surface area contributed by atoms with Gasteiger partial charge in [0.15, 0.2) is 5.11 Å². The van der Waals surface area contributed by atoms with E-state index in [0.29, 0.717) is 5.69 Å². The third-order valence-corrected chi connectivity index (χ3v) is 2.02. The van der Waals surface area contributed by atoms with Crippen molar-refractivity contribution in [3.8, 4) is 0 Å². The van der Waals surface area contributed by atoms with Gasteiger partial charge in [0.2, 0.25) is 0 Å². The van der Waals surface area contributed by atoms with Gasteiger partial charge in [0.1, 0.15) is 0 Å². The molecule has 0 fully saturated rings. The van der Waals surface area contributed by atoms with Crippen LogP contribution >= 0.6 is 12.2 Å². The first-order valence-corrected chi connectivity index (χ1v) is 4.45.